The van der Waals surface area contributed by atoms with Crippen LogP contribution in [0, 0.1) is 0 Å². The predicted octanol–water partition coefficient (Wildman–Crippen LogP) is 3.93. The lowest BCUT2D eigenvalue weighted by atomic mass is 10.2. The van der Waals surface area contributed by atoms with Crippen molar-refractivity contribution in [1.29, 1.82) is 0 Å². The van der Waals surface area contributed by atoms with Crippen molar-refractivity contribution < 1.29 is 35.9 Å². The number of benzene rings is 2. The second kappa shape index (κ2) is 15.1. The van der Waals surface area contributed by atoms with Crippen LogP contribution < -0.4 is 10.6 Å². The molecule has 1 fully saturated rings. The second-order valence-electron chi connectivity index (χ2n) is 9.65. The maximum Gasteiger partial charge on any atom is 0.416 e. The van der Waals surface area contributed by atoms with Crippen LogP contribution in [0.4, 0.5) is 18.3 Å². The molecule has 0 atom stereocenters. The Kier molecular flexibility index (Phi) is 11.2. The fourth-order valence-corrected chi connectivity index (χ4v) is 8.14. The fraction of sp³-hybridized carbons (Fsp3) is 0.333. The first-order valence-corrected chi connectivity index (χ1v) is 18.2. The summed E-state index contributed by atoms with van der Waals surface area (Å²) in [6.45, 7) is 2.75. The van der Waals surface area contributed by atoms with Gasteiger partial charge in [0.05, 0.1) is 41.7 Å². The average molecular weight is 729 g/mol. The van der Waals surface area contributed by atoms with Crippen molar-refractivity contribution in [3.63, 3.8) is 0 Å². The highest BCUT2D eigenvalue weighted by molar-refractivity contribution is 8.01. The van der Waals surface area contributed by atoms with E-state index in [9.17, 15) is 31.2 Å². The molecule has 5 rings (SSSR count). The molecule has 250 valence electrons. The van der Waals surface area contributed by atoms with E-state index in [1.165, 1.54) is 68.4 Å². The van der Waals surface area contributed by atoms with Crippen molar-refractivity contribution in [1.82, 2.24) is 34.6 Å². The molecule has 2 aromatic carbocycles. The van der Waals surface area contributed by atoms with Gasteiger partial charge in [-0.05, 0) is 48.2 Å². The zero-order valence-electron chi connectivity index (χ0n) is 24.6. The van der Waals surface area contributed by atoms with Gasteiger partial charge >= 0.3 is 6.18 Å². The van der Waals surface area contributed by atoms with Gasteiger partial charge in [0.1, 0.15) is 0 Å². The standard InChI is InChI=1S/C27H27F3N8O5S4/c1-2-44-26-36-34-24(46-26)32-22(39)16-45-25-35-33-21(38(25)19-5-3-4-18(14-19)27(28,29)30)15-31-23(40)17-6-8-20(9-7-17)47(41,42)37-10-12-43-13-11-37/h3-9,14H,2,10-13,15-16H2,1H3,(H,31,40)(H,32,34,39). The van der Waals surface area contributed by atoms with E-state index in [4.69, 9.17) is 4.74 Å². The first-order chi connectivity index (χ1) is 22.5. The summed E-state index contributed by atoms with van der Waals surface area (Å²) in [7, 11) is -3.76. The molecule has 0 radical (unpaired) electrons. The molecule has 0 unspecified atom stereocenters. The third-order valence-corrected chi connectivity index (χ3v) is 11.2. The number of halogens is 3. The van der Waals surface area contributed by atoms with Crippen molar-refractivity contribution in [3.05, 3.63) is 65.5 Å². The molecule has 1 saturated heterocycles. The Balaban J connectivity index is 1.31. The van der Waals surface area contributed by atoms with Crippen molar-refractivity contribution >= 4 is 61.8 Å². The Bertz CT molecular complexity index is 1830. The van der Waals surface area contributed by atoms with Gasteiger partial charge in [-0.25, -0.2) is 8.42 Å². The number of amides is 2. The number of rotatable bonds is 12. The summed E-state index contributed by atoms with van der Waals surface area (Å²) in [5.74, 6) is -0.300. The highest BCUT2D eigenvalue weighted by Crippen LogP contribution is 2.32. The number of nitrogens with one attached hydrogen (secondary N) is 2. The van der Waals surface area contributed by atoms with Gasteiger partial charge in [-0.2, -0.15) is 17.5 Å². The van der Waals surface area contributed by atoms with Crippen LogP contribution in [0.2, 0.25) is 0 Å². The van der Waals surface area contributed by atoms with E-state index in [-0.39, 0.29) is 52.5 Å². The number of carbonyl (C=O) groups is 2. The minimum absolute atomic E-state index is 0.0253. The number of thioether (sulfide) groups is 2. The van der Waals surface area contributed by atoms with Crippen LogP contribution in [0.5, 0.6) is 0 Å². The lowest BCUT2D eigenvalue weighted by molar-refractivity contribution is -0.137. The summed E-state index contributed by atoms with van der Waals surface area (Å²) in [4.78, 5) is 25.6. The number of morpholine rings is 1. The predicted molar refractivity (Wildman–Crippen MR) is 169 cm³/mol. The van der Waals surface area contributed by atoms with Crippen LogP contribution in [-0.4, -0.2) is 87.3 Å². The van der Waals surface area contributed by atoms with Crippen molar-refractivity contribution in [3.8, 4) is 5.69 Å². The summed E-state index contributed by atoms with van der Waals surface area (Å²) in [6, 6.07) is 9.88. The molecule has 0 aliphatic carbocycles. The van der Waals surface area contributed by atoms with Crippen LogP contribution in [0.25, 0.3) is 5.69 Å². The summed E-state index contributed by atoms with van der Waals surface area (Å²) in [5.41, 5.74) is -0.684. The molecule has 2 N–H and O–H groups in total. The molecular formula is C27H27F3N8O5S4. The number of carbonyl (C=O) groups excluding carboxylic acids is 2. The van der Waals surface area contributed by atoms with E-state index in [1.807, 2.05) is 6.92 Å². The van der Waals surface area contributed by atoms with E-state index >= 15 is 0 Å². The largest absolute Gasteiger partial charge is 0.416 e. The Hall–Kier alpha value is -3.56. The van der Waals surface area contributed by atoms with Crippen molar-refractivity contribution in [2.75, 3.05) is 43.1 Å². The molecule has 1 aliphatic heterocycles. The zero-order chi connectivity index (χ0) is 33.6. The second-order valence-corrected chi connectivity index (χ2v) is 15.0. The van der Waals surface area contributed by atoms with Crippen LogP contribution in [0.3, 0.4) is 0 Å². The first kappa shape index (κ1) is 34.8. The number of sulfonamides is 1. The van der Waals surface area contributed by atoms with E-state index in [1.54, 1.807) is 0 Å². The molecule has 0 bridgehead atoms. The van der Waals surface area contributed by atoms with E-state index in [2.05, 4.69) is 31.0 Å². The highest BCUT2D eigenvalue weighted by Gasteiger charge is 2.31. The van der Waals surface area contributed by atoms with Gasteiger partial charge in [0, 0.05) is 18.7 Å². The van der Waals surface area contributed by atoms with E-state index < -0.39 is 33.6 Å². The molecule has 2 amide bonds. The monoisotopic (exact) mass is 728 g/mol. The number of hydrogen-bond acceptors (Lipinski definition) is 12. The van der Waals surface area contributed by atoms with Crippen molar-refractivity contribution in [2.45, 2.75) is 34.0 Å². The normalized spacial score (nSPS) is 14.2. The van der Waals surface area contributed by atoms with Gasteiger partial charge in [-0.15, -0.1) is 20.4 Å². The van der Waals surface area contributed by atoms with Gasteiger partial charge in [-0.3, -0.25) is 19.5 Å². The molecule has 1 aliphatic rings. The maximum absolute atomic E-state index is 13.6. The van der Waals surface area contributed by atoms with Crippen molar-refractivity contribution in [2.24, 2.45) is 0 Å². The SMILES string of the molecule is CCSc1nnc(NC(=O)CSc2nnc(CNC(=O)c3ccc(S(=O)(=O)N4CCOCC4)cc3)n2-c2cccc(C(F)(F)F)c2)s1. The van der Waals surface area contributed by atoms with Crippen LogP contribution in [0.1, 0.15) is 28.7 Å². The lowest BCUT2D eigenvalue weighted by Crippen LogP contribution is -2.40. The topological polar surface area (TPSA) is 161 Å². The number of hydrogen-bond donors (Lipinski definition) is 2. The van der Waals surface area contributed by atoms with E-state index in [0.717, 1.165) is 29.6 Å². The van der Waals surface area contributed by atoms with Gasteiger partial charge in [0.15, 0.2) is 15.3 Å². The minimum Gasteiger partial charge on any atom is -0.379 e. The number of nitrogens with zero attached hydrogens (tertiary/aromatic N) is 6. The first-order valence-electron chi connectivity index (χ1n) is 13.9. The summed E-state index contributed by atoms with van der Waals surface area (Å²) in [5, 5.41) is 21.8. The van der Waals surface area contributed by atoms with Gasteiger partial charge in [0.2, 0.25) is 21.1 Å². The molecule has 4 aromatic rings. The Morgan fingerprint density at radius 2 is 1.77 bits per heavy atom. The number of anilines is 1. The van der Waals surface area contributed by atoms with Crippen LogP contribution >= 0.6 is 34.9 Å². The number of ether oxygens (including phenoxy) is 1. The summed E-state index contributed by atoms with van der Waals surface area (Å²) >= 11 is 3.62. The molecule has 3 heterocycles. The van der Waals surface area contributed by atoms with Gasteiger partial charge in [0.25, 0.3) is 5.91 Å². The number of aromatic nitrogens is 5. The third kappa shape index (κ3) is 8.68. The molecular weight excluding hydrogens is 702 g/mol. The Morgan fingerprint density at radius 1 is 1.02 bits per heavy atom. The molecule has 20 heteroatoms. The molecule has 0 saturated carbocycles. The smallest absolute Gasteiger partial charge is 0.379 e. The molecule has 2 aromatic heterocycles. The minimum atomic E-state index is -4.62. The zero-order valence-corrected chi connectivity index (χ0v) is 27.8. The fourth-order valence-electron chi connectivity index (χ4n) is 4.29. The van der Waals surface area contributed by atoms with Crippen LogP contribution in [-0.2, 0) is 32.3 Å². The Labute approximate surface area is 279 Å². The lowest BCUT2D eigenvalue weighted by Gasteiger charge is -2.26. The van der Waals surface area contributed by atoms with Gasteiger partial charge in [-0.1, -0.05) is 47.9 Å². The summed E-state index contributed by atoms with van der Waals surface area (Å²) < 4.78 is 75.0. The quantitative estimate of drug-likeness (QED) is 0.161. The highest BCUT2D eigenvalue weighted by atomic mass is 32.2. The van der Waals surface area contributed by atoms with E-state index in [0.29, 0.717) is 22.7 Å². The third-order valence-electron chi connectivity index (χ3n) is 6.52. The van der Waals surface area contributed by atoms with Gasteiger partial charge < -0.3 is 10.1 Å². The summed E-state index contributed by atoms with van der Waals surface area (Å²) in [6.07, 6.45) is -4.62. The molecule has 0 spiro atoms. The number of alkyl halides is 3. The average Bonchev–Trinajstić information content (AvgIpc) is 3.69. The molecule has 47 heavy (non-hydrogen) atoms. The molecule has 13 nitrogen and oxygen atoms in total. The van der Waals surface area contributed by atoms with Crippen LogP contribution in [0.15, 0.2) is 62.9 Å². The maximum atomic E-state index is 13.6. The Morgan fingerprint density at radius 3 is 2.47 bits per heavy atom.